The molecule has 2 heterocycles. The summed E-state index contributed by atoms with van der Waals surface area (Å²) in [5, 5.41) is 4.65. The van der Waals surface area contributed by atoms with Crippen LogP contribution in [0.15, 0.2) is 0 Å². The topological polar surface area (TPSA) is 47.0 Å². The number of hydrogen-bond acceptors (Lipinski definition) is 6. The van der Waals surface area contributed by atoms with Crippen molar-refractivity contribution in [3.8, 4) is 0 Å². The second-order valence-electron chi connectivity index (χ2n) is 4.92. The van der Waals surface area contributed by atoms with Gasteiger partial charge in [0.25, 0.3) is 0 Å². The zero-order valence-electron chi connectivity index (χ0n) is 13.2. The van der Waals surface area contributed by atoms with E-state index >= 15 is 0 Å². The van der Waals surface area contributed by atoms with E-state index in [0.717, 1.165) is 47.6 Å². The van der Waals surface area contributed by atoms with Crippen molar-refractivity contribution in [1.82, 2.24) is 9.97 Å². The molecule has 0 bridgehead atoms. The van der Waals surface area contributed by atoms with E-state index in [0.29, 0.717) is 0 Å². The van der Waals surface area contributed by atoms with Crippen LogP contribution in [0.5, 0.6) is 0 Å². The molecule has 2 aromatic heterocycles. The second-order valence-corrected chi connectivity index (χ2v) is 7.23. The molecule has 0 spiro atoms. The molecule has 0 aliphatic carbocycles. The lowest BCUT2D eigenvalue weighted by atomic mass is 10.2. The van der Waals surface area contributed by atoms with Gasteiger partial charge in [0, 0.05) is 24.3 Å². The molecule has 0 aliphatic heterocycles. The maximum Gasteiger partial charge on any atom is 0.142 e. The van der Waals surface area contributed by atoms with E-state index in [1.54, 1.807) is 18.4 Å². The van der Waals surface area contributed by atoms with E-state index < -0.39 is 0 Å². The molecule has 2 aromatic rings. The summed E-state index contributed by atoms with van der Waals surface area (Å²) in [5.74, 6) is 3.70. The van der Waals surface area contributed by atoms with Gasteiger partial charge in [-0.2, -0.15) is 11.8 Å². The Kier molecular flexibility index (Phi) is 6.26. The quantitative estimate of drug-likeness (QED) is 0.743. The highest BCUT2D eigenvalue weighted by Crippen LogP contribution is 2.33. The Balaban J connectivity index is 2.26. The Hall–Kier alpha value is -0.850. The normalized spacial score (nSPS) is 11.2. The molecule has 0 radical (unpaired) electrons. The third-order valence-corrected chi connectivity index (χ3v) is 5.30. The van der Waals surface area contributed by atoms with Crippen LogP contribution >= 0.6 is 23.1 Å². The zero-order chi connectivity index (χ0) is 15.2. The fourth-order valence-electron chi connectivity index (χ4n) is 2.04. The number of nitrogens with zero attached hydrogens (tertiary/aromatic N) is 2. The Labute approximate surface area is 134 Å². The number of ether oxygens (including phenoxy) is 1. The standard InChI is InChI=1S/C15H23N3OS2/c1-5-6-16-14-13-10(2)11(3)21-15(13)18-12(17-14)9-20-8-7-19-4/h5-9H2,1-4H3,(H,16,17,18). The Morgan fingerprint density at radius 2 is 2.10 bits per heavy atom. The second kappa shape index (κ2) is 7.96. The molecular formula is C15H23N3OS2. The number of anilines is 1. The highest BCUT2D eigenvalue weighted by molar-refractivity contribution is 7.98. The van der Waals surface area contributed by atoms with Crippen LogP contribution in [0.2, 0.25) is 0 Å². The third kappa shape index (κ3) is 4.08. The SMILES string of the molecule is CCCNc1nc(CSCCOC)nc2sc(C)c(C)c12. The summed E-state index contributed by atoms with van der Waals surface area (Å²) in [7, 11) is 1.73. The molecular weight excluding hydrogens is 302 g/mol. The zero-order valence-corrected chi connectivity index (χ0v) is 14.8. The minimum Gasteiger partial charge on any atom is -0.384 e. The fraction of sp³-hybridized carbons (Fsp3) is 0.600. The molecule has 116 valence electrons. The van der Waals surface area contributed by atoms with Crippen LogP contribution in [0.3, 0.4) is 0 Å². The van der Waals surface area contributed by atoms with Gasteiger partial charge in [-0.05, 0) is 25.8 Å². The lowest BCUT2D eigenvalue weighted by Crippen LogP contribution is -2.06. The first kappa shape index (κ1) is 16.5. The maximum absolute atomic E-state index is 5.07. The number of methoxy groups -OCH3 is 1. The van der Waals surface area contributed by atoms with E-state index in [4.69, 9.17) is 14.7 Å². The predicted molar refractivity (Wildman–Crippen MR) is 93.7 cm³/mol. The average molecular weight is 326 g/mol. The maximum atomic E-state index is 5.07. The summed E-state index contributed by atoms with van der Waals surface area (Å²) in [6, 6.07) is 0. The molecule has 0 amide bonds. The Morgan fingerprint density at radius 1 is 1.29 bits per heavy atom. The highest BCUT2D eigenvalue weighted by atomic mass is 32.2. The smallest absolute Gasteiger partial charge is 0.142 e. The van der Waals surface area contributed by atoms with Crippen molar-refractivity contribution >= 4 is 39.1 Å². The lowest BCUT2D eigenvalue weighted by Gasteiger charge is -2.09. The highest BCUT2D eigenvalue weighted by Gasteiger charge is 2.14. The number of nitrogens with one attached hydrogen (secondary N) is 1. The largest absolute Gasteiger partial charge is 0.384 e. The van der Waals surface area contributed by atoms with Crippen molar-refractivity contribution in [2.24, 2.45) is 0 Å². The van der Waals surface area contributed by atoms with Gasteiger partial charge in [0.2, 0.25) is 0 Å². The van der Waals surface area contributed by atoms with Crippen molar-refractivity contribution < 1.29 is 4.74 Å². The first-order valence-electron chi connectivity index (χ1n) is 7.24. The minimum absolute atomic E-state index is 0.769. The van der Waals surface area contributed by atoms with Crippen LogP contribution in [0.4, 0.5) is 5.82 Å². The summed E-state index contributed by atoms with van der Waals surface area (Å²) in [5.41, 5.74) is 1.30. The summed E-state index contributed by atoms with van der Waals surface area (Å²) in [6.45, 7) is 8.18. The van der Waals surface area contributed by atoms with Crippen molar-refractivity contribution in [1.29, 1.82) is 0 Å². The summed E-state index contributed by atoms with van der Waals surface area (Å²) >= 11 is 3.57. The third-order valence-electron chi connectivity index (χ3n) is 3.28. The van der Waals surface area contributed by atoms with Crippen LogP contribution in [0.1, 0.15) is 29.6 Å². The molecule has 0 aromatic carbocycles. The van der Waals surface area contributed by atoms with Crippen molar-refractivity contribution in [3.05, 3.63) is 16.3 Å². The van der Waals surface area contributed by atoms with Gasteiger partial charge in [0.1, 0.15) is 16.5 Å². The Morgan fingerprint density at radius 3 is 2.81 bits per heavy atom. The van der Waals surface area contributed by atoms with E-state index in [1.165, 1.54) is 15.8 Å². The van der Waals surface area contributed by atoms with Gasteiger partial charge < -0.3 is 10.1 Å². The number of aryl methyl sites for hydroxylation is 2. The van der Waals surface area contributed by atoms with E-state index in [1.807, 2.05) is 11.8 Å². The van der Waals surface area contributed by atoms with Gasteiger partial charge in [-0.15, -0.1) is 11.3 Å². The van der Waals surface area contributed by atoms with Crippen molar-refractivity contribution in [2.75, 3.05) is 31.3 Å². The number of aromatic nitrogens is 2. The van der Waals surface area contributed by atoms with Gasteiger partial charge in [0.05, 0.1) is 17.7 Å². The monoisotopic (exact) mass is 325 g/mol. The van der Waals surface area contributed by atoms with E-state index in [-0.39, 0.29) is 0 Å². The molecule has 4 nitrogen and oxygen atoms in total. The van der Waals surface area contributed by atoms with Crippen LogP contribution in [-0.4, -0.2) is 36.0 Å². The molecule has 6 heteroatoms. The van der Waals surface area contributed by atoms with Gasteiger partial charge in [0.15, 0.2) is 0 Å². The molecule has 0 saturated heterocycles. The van der Waals surface area contributed by atoms with E-state index in [2.05, 4.69) is 26.1 Å². The lowest BCUT2D eigenvalue weighted by molar-refractivity contribution is 0.218. The van der Waals surface area contributed by atoms with Gasteiger partial charge >= 0.3 is 0 Å². The first-order chi connectivity index (χ1) is 10.2. The molecule has 1 N–H and O–H groups in total. The fourth-order valence-corrected chi connectivity index (χ4v) is 3.82. The van der Waals surface area contributed by atoms with Gasteiger partial charge in [-0.1, -0.05) is 6.92 Å². The summed E-state index contributed by atoms with van der Waals surface area (Å²) in [4.78, 5) is 11.9. The molecule has 2 rings (SSSR count). The molecule has 0 fully saturated rings. The summed E-state index contributed by atoms with van der Waals surface area (Å²) in [6.07, 6.45) is 1.09. The van der Waals surface area contributed by atoms with E-state index in [9.17, 15) is 0 Å². The summed E-state index contributed by atoms with van der Waals surface area (Å²) < 4.78 is 5.07. The van der Waals surface area contributed by atoms with Crippen LogP contribution in [0.25, 0.3) is 10.2 Å². The van der Waals surface area contributed by atoms with Gasteiger partial charge in [-0.3, -0.25) is 0 Å². The average Bonchev–Trinajstić information content (AvgIpc) is 2.76. The van der Waals surface area contributed by atoms with Crippen molar-refractivity contribution in [3.63, 3.8) is 0 Å². The molecule has 0 aliphatic rings. The number of hydrogen-bond donors (Lipinski definition) is 1. The molecule has 0 atom stereocenters. The van der Waals surface area contributed by atoms with Gasteiger partial charge in [-0.25, -0.2) is 9.97 Å². The number of fused-ring (bicyclic) bond motifs is 1. The first-order valence-corrected chi connectivity index (χ1v) is 9.21. The predicted octanol–water partition coefficient (Wildman–Crippen LogP) is 4.01. The Bertz CT molecular complexity index is 598. The van der Waals surface area contributed by atoms with Crippen LogP contribution in [-0.2, 0) is 10.5 Å². The molecule has 0 unspecified atom stereocenters. The minimum atomic E-state index is 0.769. The molecule has 21 heavy (non-hydrogen) atoms. The van der Waals surface area contributed by atoms with Crippen molar-refractivity contribution in [2.45, 2.75) is 32.9 Å². The number of thiophene rings is 1. The molecule has 0 saturated carbocycles. The van der Waals surface area contributed by atoms with Crippen LogP contribution in [0, 0.1) is 13.8 Å². The number of rotatable bonds is 8. The van der Waals surface area contributed by atoms with Crippen LogP contribution < -0.4 is 5.32 Å². The number of thioether (sulfide) groups is 1.